The molecule has 2 aromatic carbocycles. The van der Waals surface area contributed by atoms with Crippen molar-refractivity contribution in [1.29, 1.82) is 0 Å². The minimum atomic E-state index is -1.07. The number of carbonyl (C=O) groups excluding carboxylic acids is 1. The highest BCUT2D eigenvalue weighted by molar-refractivity contribution is 5.97. The van der Waals surface area contributed by atoms with E-state index in [1.54, 1.807) is 12.1 Å². The van der Waals surface area contributed by atoms with E-state index < -0.39 is 17.9 Å². The van der Waals surface area contributed by atoms with Gasteiger partial charge in [-0.1, -0.05) is 54.1 Å². The van der Waals surface area contributed by atoms with Crippen molar-refractivity contribution in [1.82, 2.24) is 10.3 Å². The highest BCUT2D eigenvalue weighted by Crippen LogP contribution is 2.12. The van der Waals surface area contributed by atoms with Crippen LogP contribution in [0.3, 0.4) is 0 Å². The number of fused-ring (bicyclic) bond motifs is 1. The summed E-state index contributed by atoms with van der Waals surface area (Å²) in [6.07, 6.45) is 0.219. The molecule has 1 heterocycles. The molecule has 0 saturated carbocycles. The molecule has 0 unspecified atom stereocenters. The van der Waals surface area contributed by atoms with E-state index in [9.17, 15) is 14.7 Å². The molecule has 0 bridgehead atoms. The third-order valence-corrected chi connectivity index (χ3v) is 3.96. The topological polar surface area (TPSA) is 79.3 Å². The molecule has 5 heteroatoms. The molecule has 0 saturated heterocycles. The Morgan fingerprint density at radius 2 is 1.88 bits per heavy atom. The van der Waals surface area contributed by atoms with Gasteiger partial charge >= 0.3 is 5.97 Å². The van der Waals surface area contributed by atoms with Crippen LogP contribution in [0.5, 0.6) is 0 Å². The van der Waals surface area contributed by atoms with Gasteiger partial charge in [0, 0.05) is 11.8 Å². The van der Waals surface area contributed by atoms with E-state index in [1.165, 1.54) is 0 Å². The smallest absolute Gasteiger partial charge is 0.326 e. The third-order valence-electron chi connectivity index (χ3n) is 3.96. The zero-order chi connectivity index (χ0) is 17.8. The Kier molecular flexibility index (Phi) is 4.75. The first-order chi connectivity index (χ1) is 12.0. The number of para-hydroxylation sites is 1. The zero-order valence-corrected chi connectivity index (χ0v) is 13.8. The molecular weight excluding hydrogens is 316 g/mol. The van der Waals surface area contributed by atoms with Crippen LogP contribution in [0.15, 0.2) is 60.7 Å². The van der Waals surface area contributed by atoms with E-state index in [0.717, 1.165) is 16.5 Å². The highest BCUT2D eigenvalue weighted by atomic mass is 16.4. The van der Waals surface area contributed by atoms with Gasteiger partial charge in [-0.2, -0.15) is 0 Å². The molecule has 3 rings (SSSR count). The molecule has 1 aromatic heterocycles. The number of benzene rings is 2. The second-order valence-corrected chi connectivity index (χ2v) is 5.95. The summed E-state index contributed by atoms with van der Waals surface area (Å²) < 4.78 is 0. The fourth-order valence-electron chi connectivity index (χ4n) is 2.70. The summed E-state index contributed by atoms with van der Waals surface area (Å²) in [6.45, 7) is 1.94. The van der Waals surface area contributed by atoms with Crippen molar-refractivity contribution < 1.29 is 14.7 Å². The summed E-state index contributed by atoms with van der Waals surface area (Å²) in [5.74, 6) is -1.57. The first-order valence-corrected chi connectivity index (χ1v) is 7.98. The van der Waals surface area contributed by atoms with Crippen molar-refractivity contribution in [2.45, 2.75) is 19.4 Å². The van der Waals surface area contributed by atoms with Gasteiger partial charge in [0.25, 0.3) is 5.91 Å². The maximum atomic E-state index is 12.4. The van der Waals surface area contributed by atoms with Crippen LogP contribution in [0.2, 0.25) is 0 Å². The van der Waals surface area contributed by atoms with E-state index in [2.05, 4.69) is 10.3 Å². The standard InChI is InChI=1S/C20H18N2O3/c1-13-5-4-6-14(11-13)12-18(20(24)25)22-19(23)17-10-9-15-7-2-3-8-16(15)21-17/h2-11,18H,12H2,1H3,(H,22,23)(H,24,25)/t18-/m0/s1. The van der Waals surface area contributed by atoms with Gasteiger partial charge in [0.15, 0.2) is 0 Å². The van der Waals surface area contributed by atoms with Crippen molar-refractivity contribution >= 4 is 22.8 Å². The summed E-state index contributed by atoms with van der Waals surface area (Å²) in [6, 6.07) is 17.4. The highest BCUT2D eigenvalue weighted by Gasteiger charge is 2.22. The number of nitrogens with one attached hydrogen (secondary N) is 1. The van der Waals surface area contributed by atoms with Gasteiger partial charge in [0.2, 0.25) is 0 Å². The van der Waals surface area contributed by atoms with Crippen LogP contribution in [-0.4, -0.2) is 28.0 Å². The number of nitrogens with zero attached hydrogens (tertiary/aromatic N) is 1. The quantitative estimate of drug-likeness (QED) is 0.752. The molecule has 3 aromatic rings. The molecular formula is C20H18N2O3. The first-order valence-electron chi connectivity index (χ1n) is 7.98. The summed E-state index contributed by atoms with van der Waals surface area (Å²) in [7, 11) is 0. The number of carboxylic acid groups (broad SMARTS) is 1. The summed E-state index contributed by atoms with van der Waals surface area (Å²) in [4.78, 5) is 28.3. The number of pyridine rings is 1. The van der Waals surface area contributed by atoms with E-state index in [1.807, 2.05) is 55.5 Å². The van der Waals surface area contributed by atoms with E-state index in [-0.39, 0.29) is 12.1 Å². The Hall–Kier alpha value is -3.21. The third kappa shape index (κ3) is 4.01. The number of hydrogen-bond acceptors (Lipinski definition) is 3. The van der Waals surface area contributed by atoms with E-state index in [0.29, 0.717) is 5.52 Å². The number of aryl methyl sites for hydroxylation is 1. The number of rotatable bonds is 5. The molecule has 0 aliphatic heterocycles. The number of carbonyl (C=O) groups is 2. The minimum Gasteiger partial charge on any atom is -0.480 e. The zero-order valence-electron chi connectivity index (χ0n) is 13.8. The Balaban J connectivity index is 1.78. The molecule has 0 aliphatic rings. The molecule has 0 fully saturated rings. The van der Waals surface area contributed by atoms with Crippen molar-refractivity contribution in [2.24, 2.45) is 0 Å². The molecule has 2 N–H and O–H groups in total. The lowest BCUT2D eigenvalue weighted by atomic mass is 10.0. The van der Waals surface area contributed by atoms with Crippen molar-refractivity contribution in [3.63, 3.8) is 0 Å². The normalized spacial score (nSPS) is 11.9. The van der Waals surface area contributed by atoms with Crippen LogP contribution >= 0.6 is 0 Å². The Bertz CT molecular complexity index is 937. The van der Waals surface area contributed by atoms with Crippen LogP contribution in [0.1, 0.15) is 21.6 Å². The van der Waals surface area contributed by atoms with Gasteiger partial charge in [-0.25, -0.2) is 9.78 Å². The average molecular weight is 334 g/mol. The number of aromatic nitrogens is 1. The van der Waals surface area contributed by atoms with Crippen LogP contribution in [0.25, 0.3) is 10.9 Å². The Morgan fingerprint density at radius 3 is 2.64 bits per heavy atom. The van der Waals surface area contributed by atoms with E-state index in [4.69, 9.17) is 0 Å². The fourth-order valence-corrected chi connectivity index (χ4v) is 2.70. The van der Waals surface area contributed by atoms with Gasteiger partial charge < -0.3 is 10.4 Å². The minimum absolute atomic E-state index is 0.203. The van der Waals surface area contributed by atoms with Gasteiger partial charge in [-0.15, -0.1) is 0 Å². The number of aliphatic carboxylic acids is 1. The predicted molar refractivity (Wildman–Crippen MR) is 95.5 cm³/mol. The van der Waals surface area contributed by atoms with Crippen LogP contribution in [-0.2, 0) is 11.2 Å². The number of amides is 1. The van der Waals surface area contributed by atoms with Gasteiger partial charge in [0.1, 0.15) is 11.7 Å². The Morgan fingerprint density at radius 1 is 1.08 bits per heavy atom. The molecule has 0 aliphatic carbocycles. The number of hydrogen-bond donors (Lipinski definition) is 2. The largest absolute Gasteiger partial charge is 0.480 e. The second kappa shape index (κ2) is 7.13. The maximum Gasteiger partial charge on any atom is 0.326 e. The molecule has 1 amide bonds. The lowest BCUT2D eigenvalue weighted by molar-refractivity contribution is -0.139. The van der Waals surface area contributed by atoms with Crippen LogP contribution in [0, 0.1) is 6.92 Å². The Labute approximate surface area is 145 Å². The first kappa shape index (κ1) is 16.6. The van der Waals surface area contributed by atoms with Crippen LogP contribution < -0.4 is 5.32 Å². The molecule has 25 heavy (non-hydrogen) atoms. The molecule has 0 spiro atoms. The molecule has 1 atom stereocenters. The van der Waals surface area contributed by atoms with Crippen LogP contribution in [0.4, 0.5) is 0 Å². The monoisotopic (exact) mass is 334 g/mol. The average Bonchev–Trinajstić information content (AvgIpc) is 2.60. The lowest BCUT2D eigenvalue weighted by Gasteiger charge is -2.15. The summed E-state index contributed by atoms with van der Waals surface area (Å²) >= 11 is 0. The second-order valence-electron chi connectivity index (χ2n) is 5.95. The maximum absolute atomic E-state index is 12.4. The van der Waals surface area contributed by atoms with Gasteiger partial charge in [0.05, 0.1) is 5.52 Å². The van der Waals surface area contributed by atoms with Crippen molar-refractivity contribution in [2.75, 3.05) is 0 Å². The van der Waals surface area contributed by atoms with Gasteiger partial charge in [-0.3, -0.25) is 4.79 Å². The van der Waals surface area contributed by atoms with Crippen molar-refractivity contribution in [3.05, 3.63) is 77.5 Å². The number of carboxylic acids is 1. The molecule has 0 radical (unpaired) electrons. The van der Waals surface area contributed by atoms with E-state index >= 15 is 0 Å². The van der Waals surface area contributed by atoms with Gasteiger partial charge in [-0.05, 0) is 24.6 Å². The fraction of sp³-hybridized carbons (Fsp3) is 0.150. The predicted octanol–water partition coefficient (Wildman–Crippen LogP) is 2.97. The molecule has 126 valence electrons. The molecule has 5 nitrogen and oxygen atoms in total. The summed E-state index contributed by atoms with van der Waals surface area (Å²) in [5, 5.41) is 12.9. The lowest BCUT2D eigenvalue weighted by Crippen LogP contribution is -2.42. The summed E-state index contributed by atoms with van der Waals surface area (Å²) in [5.41, 5.74) is 2.80. The van der Waals surface area contributed by atoms with Crippen molar-refractivity contribution in [3.8, 4) is 0 Å². The SMILES string of the molecule is Cc1cccc(C[C@H](NC(=O)c2ccc3ccccc3n2)C(=O)O)c1.